The Hall–Kier alpha value is -1.83. The molecule has 0 aromatic carbocycles. The average molecular weight is 316 g/mol. The minimum Gasteiger partial charge on any atom is -0.356 e. The highest BCUT2D eigenvalue weighted by atomic mass is 19.4. The maximum absolute atomic E-state index is 12.7. The number of piperidine rings is 1. The summed E-state index contributed by atoms with van der Waals surface area (Å²) in [6.45, 7) is 1.72. The average Bonchev–Trinajstić information content (AvgIpc) is 2.52. The van der Waals surface area contributed by atoms with E-state index in [1.54, 1.807) is 4.90 Å². The van der Waals surface area contributed by atoms with Crippen LogP contribution in [-0.2, 0) is 11.0 Å². The number of anilines is 1. The summed E-state index contributed by atoms with van der Waals surface area (Å²) < 4.78 is 38.2. The molecule has 0 spiro atoms. The Morgan fingerprint density at radius 2 is 2.23 bits per heavy atom. The Labute approximate surface area is 126 Å². The zero-order valence-electron chi connectivity index (χ0n) is 12.1. The van der Waals surface area contributed by atoms with E-state index in [1.165, 1.54) is 12.1 Å². The van der Waals surface area contributed by atoms with E-state index in [-0.39, 0.29) is 17.6 Å². The fourth-order valence-electron chi connectivity index (χ4n) is 2.50. The third-order valence-electron chi connectivity index (χ3n) is 3.58. The molecule has 5 nitrogen and oxygen atoms in total. The molecule has 22 heavy (non-hydrogen) atoms. The summed E-state index contributed by atoms with van der Waals surface area (Å²) in [4.78, 5) is 17.4. The van der Waals surface area contributed by atoms with Gasteiger partial charge in [-0.05, 0) is 25.0 Å². The topological polar surface area (TPSA) is 71.2 Å². The number of carbonyl (C=O) groups is 1. The highest BCUT2D eigenvalue weighted by Gasteiger charge is 2.33. The van der Waals surface area contributed by atoms with Gasteiger partial charge in [-0.2, -0.15) is 13.2 Å². The summed E-state index contributed by atoms with van der Waals surface area (Å²) in [5.74, 6) is -0.107. The summed E-state index contributed by atoms with van der Waals surface area (Å²) in [6, 6.07) is 3.82. The number of carbonyl (C=O) groups excluding carboxylic acids is 1. The van der Waals surface area contributed by atoms with Gasteiger partial charge in [0.05, 0.1) is 5.92 Å². The van der Waals surface area contributed by atoms with E-state index in [1.807, 2.05) is 0 Å². The van der Waals surface area contributed by atoms with Gasteiger partial charge < -0.3 is 16.0 Å². The molecule has 0 aliphatic carbocycles. The van der Waals surface area contributed by atoms with Crippen LogP contribution in [0.4, 0.5) is 19.0 Å². The number of hydrogen-bond acceptors (Lipinski definition) is 4. The van der Waals surface area contributed by atoms with Crippen LogP contribution in [0, 0.1) is 5.92 Å². The van der Waals surface area contributed by atoms with Crippen LogP contribution in [0.5, 0.6) is 0 Å². The van der Waals surface area contributed by atoms with Crippen molar-refractivity contribution in [3.05, 3.63) is 23.9 Å². The summed E-state index contributed by atoms with van der Waals surface area (Å²) in [5.41, 5.74) is 4.42. The normalized spacial score (nSPS) is 19.1. The van der Waals surface area contributed by atoms with Gasteiger partial charge in [0.15, 0.2) is 0 Å². The fraction of sp³-hybridized carbons (Fsp3) is 0.571. The molecule has 2 heterocycles. The van der Waals surface area contributed by atoms with Gasteiger partial charge in [-0.25, -0.2) is 4.98 Å². The van der Waals surface area contributed by atoms with Crippen LogP contribution in [-0.4, -0.2) is 37.1 Å². The molecule has 1 saturated heterocycles. The van der Waals surface area contributed by atoms with Crippen molar-refractivity contribution >= 4 is 11.7 Å². The predicted molar refractivity (Wildman–Crippen MR) is 76.2 cm³/mol. The molecule has 122 valence electrons. The highest BCUT2D eigenvalue weighted by Crippen LogP contribution is 2.30. The van der Waals surface area contributed by atoms with Crippen molar-refractivity contribution in [1.82, 2.24) is 10.3 Å². The maximum atomic E-state index is 12.7. The molecule has 1 amide bonds. The predicted octanol–water partition coefficient (Wildman–Crippen LogP) is 1.39. The minimum absolute atomic E-state index is 0.109. The Bertz CT molecular complexity index is 521. The molecule has 0 saturated carbocycles. The van der Waals surface area contributed by atoms with Crippen LogP contribution >= 0.6 is 0 Å². The molecular weight excluding hydrogens is 297 g/mol. The highest BCUT2D eigenvalue weighted by molar-refractivity contribution is 5.79. The molecule has 3 N–H and O–H groups in total. The number of pyridine rings is 1. The lowest BCUT2D eigenvalue weighted by atomic mass is 9.97. The number of amides is 1. The Morgan fingerprint density at radius 1 is 1.45 bits per heavy atom. The molecule has 0 bridgehead atoms. The Morgan fingerprint density at radius 3 is 2.91 bits per heavy atom. The smallest absolute Gasteiger partial charge is 0.356 e. The van der Waals surface area contributed by atoms with Crippen molar-refractivity contribution in [2.45, 2.75) is 19.0 Å². The number of alkyl halides is 3. The first-order valence-electron chi connectivity index (χ1n) is 7.19. The number of nitrogens with one attached hydrogen (secondary N) is 1. The molecule has 1 fully saturated rings. The van der Waals surface area contributed by atoms with Crippen LogP contribution in [0.2, 0.25) is 0 Å². The number of halogens is 3. The molecule has 1 atom stereocenters. The van der Waals surface area contributed by atoms with Crippen LogP contribution < -0.4 is 16.0 Å². The van der Waals surface area contributed by atoms with Gasteiger partial charge in [0.2, 0.25) is 5.91 Å². The van der Waals surface area contributed by atoms with Gasteiger partial charge in [0.25, 0.3) is 0 Å². The fourth-order valence-corrected chi connectivity index (χ4v) is 2.50. The lowest BCUT2D eigenvalue weighted by molar-refractivity contribution is -0.141. The number of rotatable bonds is 4. The summed E-state index contributed by atoms with van der Waals surface area (Å²) in [7, 11) is 0. The molecule has 1 aromatic heterocycles. The van der Waals surface area contributed by atoms with E-state index in [2.05, 4.69) is 10.3 Å². The van der Waals surface area contributed by atoms with E-state index in [0.29, 0.717) is 32.6 Å². The van der Waals surface area contributed by atoms with Gasteiger partial charge >= 0.3 is 6.18 Å². The van der Waals surface area contributed by atoms with Crippen molar-refractivity contribution in [2.75, 3.05) is 31.1 Å². The van der Waals surface area contributed by atoms with Gasteiger partial charge in [0, 0.05) is 26.2 Å². The van der Waals surface area contributed by atoms with Crippen LogP contribution in [0.3, 0.4) is 0 Å². The molecule has 2 rings (SSSR count). The second kappa shape index (κ2) is 6.95. The minimum atomic E-state index is -4.47. The van der Waals surface area contributed by atoms with E-state index in [9.17, 15) is 18.0 Å². The first-order valence-corrected chi connectivity index (χ1v) is 7.19. The summed E-state index contributed by atoms with van der Waals surface area (Å²) in [5, 5.41) is 2.72. The van der Waals surface area contributed by atoms with Crippen molar-refractivity contribution in [3.63, 3.8) is 0 Å². The first kappa shape index (κ1) is 16.5. The zero-order valence-corrected chi connectivity index (χ0v) is 12.1. The van der Waals surface area contributed by atoms with Gasteiger partial charge in [-0.3, -0.25) is 4.79 Å². The molecule has 1 unspecified atom stereocenters. The lowest BCUT2D eigenvalue weighted by Crippen LogP contribution is -2.44. The molecular formula is C14H19F3N4O. The van der Waals surface area contributed by atoms with Crippen LogP contribution in [0.1, 0.15) is 18.5 Å². The Balaban J connectivity index is 2.08. The van der Waals surface area contributed by atoms with Crippen molar-refractivity contribution in [3.8, 4) is 0 Å². The van der Waals surface area contributed by atoms with Crippen LogP contribution in [0.25, 0.3) is 0 Å². The molecule has 0 radical (unpaired) electrons. The van der Waals surface area contributed by atoms with E-state index in [0.717, 1.165) is 12.5 Å². The van der Waals surface area contributed by atoms with E-state index < -0.39 is 11.9 Å². The number of hydrogen-bond donors (Lipinski definition) is 2. The quantitative estimate of drug-likeness (QED) is 0.881. The largest absolute Gasteiger partial charge is 0.433 e. The Kier molecular flexibility index (Phi) is 5.23. The third kappa shape index (κ3) is 4.09. The second-order valence-corrected chi connectivity index (χ2v) is 5.24. The summed E-state index contributed by atoms with van der Waals surface area (Å²) in [6.07, 6.45) is -3.02. The van der Waals surface area contributed by atoms with Crippen molar-refractivity contribution in [1.29, 1.82) is 0 Å². The molecule has 1 aromatic rings. The van der Waals surface area contributed by atoms with E-state index in [4.69, 9.17) is 5.73 Å². The standard InChI is InChI=1S/C14H19F3N4O/c15-14(16,17)11-4-1-5-12(20-11)21-8-2-3-10(9-21)13(22)19-7-6-18/h1,4-5,10H,2-3,6-9,18H2,(H,19,22). The second-order valence-electron chi connectivity index (χ2n) is 5.24. The van der Waals surface area contributed by atoms with Crippen molar-refractivity contribution < 1.29 is 18.0 Å². The molecule has 1 aliphatic rings. The number of nitrogens with two attached hydrogens (primary N) is 1. The number of nitrogens with zero attached hydrogens (tertiary/aromatic N) is 2. The SMILES string of the molecule is NCCNC(=O)C1CCCN(c2cccc(C(F)(F)F)n2)C1. The zero-order chi connectivity index (χ0) is 16.2. The van der Waals surface area contributed by atoms with E-state index >= 15 is 0 Å². The van der Waals surface area contributed by atoms with Crippen molar-refractivity contribution in [2.24, 2.45) is 11.7 Å². The monoisotopic (exact) mass is 316 g/mol. The first-order chi connectivity index (χ1) is 10.4. The van der Waals surface area contributed by atoms with Gasteiger partial charge in [0.1, 0.15) is 11.5 Å². The molecule has 1 aliphatic heterocycles. The lowest BCUT2D eigenvalue weighted by Gasteiger charge is -2.33. The summed E-state index contributed by atoms with van der Waals surface area (Å²) >= 11 is 0. The maximum Gasteiger partial charge on any atom is 0.433 e. The number of aromatic nitrogens is 1. The van der Waals surface area contributed by atoms with Gasteiger partial charge in [-0.1, -0.05) is 6.07 Å². The third-order valence-corrected chi connectivity index (χ3v) is 3.58. The molecule has 8 heteroatoms. The van der Waals surface area contributed by atoms with Crippen LogP contribution in [0.15, 0.2) is 18.2 Å². The van der Waals surface area contributed by atoms with Gasteiger partial charge in [-0.15, -0.1) is 0 Å².